The number of rotatable bonds is 6. The lowest BCUT2D eigenvalue weighted by atomic mass is 10.1. The number of fused-ring (bicyclic) bond motifs is 1. The smallest absolute Gasteiger partial charge is 0.158 e. The molecule has 33 heavy (non-hydrogen) atoms. The Hall–Kier alpha value is -3.77. The maximum Gasteiger partial charge on any atom is 0.158 e. The van der Waals surface area contributed by atoms with Crippen LogP contribution in [0, 0.1) is 0 Å². The summed E-state index contributed by atoms with van der Waals surface area (Å²) in [6.45, 7) is 5.68. The number of allylic oxidation sites excluding steroid dienone is 1. The number of benzene rings is 2. The van der Waals surface area contributed by atoms with E-state index >= 15 is 0 Å². The van der Waals surface area contributed by atoms with Crippen molar-refractivity contribution in [2.45, 2.75) is 13.5 Å². The molecule has 0 amide bonds. The molecule has 0 radical (unpaired) electrons. The van der Waals surface area contributed by atoms with Crippen molar-refractivity contribution in [3.05, 3.63) is 89.6 Å². The largest absolute Gasteiger partial charge is 0.378 e. The molecule has 0 aliphatic carbocycles. The van der Waals surface area contributed by atoms with Crippen molar-refractivity contribution in [2.75, 3.05) is 31.2 Å². The van der Waals surface area contributed by atoms with Crippen molar-refractivity contribution in [3.63, 3.8) is 0 Å². The van der Waals surface area contributed by atoms with Gasteiger partial charge in [-0.3, -0.25) is 4.99 Å². The predicted octanol–water partition coefficient (Wildman–Crippen LogP) is 4.91. The van der Waals surface area contributed by atoms with Crippen LogP contribution in [0.1, 0.15) is 18.2 Å². The fraction of sp³-hybridized carbons (Fsp3) is 0.222. The highest BCUT2D eigenvalue weighted by atomic mass is 16.5. The molecule has 0 unspecified atom stereocenters. The van der Waals surface area contributed by atoms with Gasteiger partial charge in [0.15, 0.2) is 5.65 Å². The second-order valence-corrected chi connectivity index (χ2v) is 8.14. The second-order valence-electron chi connectivity index (χ2n) is 8.14. The summed E-state index contributed by atoms with van der Waals surface area (Å²) in [5.74, 6) is 1.03. The Bertz CT molecular complexity index is 1270. The maximum atomic E-state index is 5.56. The van der Waals surface area contributed by atoms with Gasteiger partial charge in [-0.15, -0.1) is 0 Å². The Balaban J connectivity index is 1.45. The van der Waals surface area contributed by atoms with E-state index in [1.54, 1.807) is 0 Å². The van der Waals surface area contributed by atoms with Crippen LogP contribution in [0.4, 0.5) is 5.82 Å². The third kappa shape index (κ3) is 5.02. The number of hydrogen-bond donors (Lipinski definition) is 0. The van der Waals surface area contributed by atoms with Crippen molar-refractivity contribution >= 4 is 23.8 Å². The molecule has 1 aliphatic heterocycles. The van der Waals surface area contributed by atoms with Gasteiger partial charge >= 0.3 is 0 Å². The summed E-state index contributed by atoms with van der Waals surface area (Å²) in [6.07, 6.45) is 4.04. The zero-order valence-corrected chi connectivity index (χ0v) is 18.8. The summed E-state index contributed by atoms with van der Waals surface area (Å²) >= 11 is 0. The first kappa shape index (κ1) is 21.1. The van der Waals surface area contributed by atoms with Crippen LogP contribution in [0.15, 0.2) is 83.4 Å². The predicted molar refractivity (Wildman–Crippen MR) is 134 cm³/mol. The van der Waals surface area contributed by atoms with Gasteiger partial charge in [0.1, 0.15) is 5.82 Å². The van der Waals surface area contributed by atoms with Crippen LogP contribution in [-0.2, 0) is 11.3 Å². The summed E-state index contributed by atoms with van der Waals surface area (Å²) in [5.41, 5.74) is 6.03. The molecule has 6 heteroatoms. The van der Waals surface area contributed by atoms with Gasteiger partial charge in [0.2, 0.25) is 0 Å². The Kier molecular flexibility index (Phi) is 6.26. The minimum absolute atomic E-state index is 0.514. The van der Waals surface area contributed by atoms with Gasteiger partial charge in [-0.05, 0) is 18.1 Å². The quantitative estimate of drug-likeness (QED) is 0.402. The number of nitrogens with zero attached hydrogens (tertiary/aromatic N) is 5. The van der Waals surface area contributed by atoms with Gasteiger partial charge in [0.05, 0.1) is 31.1 Å². The minimum Gasteiger partial charge on any atom is -0.378 e. The van der Waals surface area contributed by atoms with Gasteiger partial charge in [0.25, 0.3) is 0 Å². The van der Waals surface area contributed by atoms with Crippen molar-refractivity contribution in [2.24, 2.45) is 4.99 Å². The van der Waals surface area contributed by atoms with E-state index in [0.717, 1.165) is 47.1 Å². The Labute approximate surface area is 193 Å². The van der Waals surface area contributed by atoms with E-state index in [-0.39, 0.29) is 0 Å². The molecule has 0 atom stereocenters. The molecule has 3 heterocycles. The van der Waals surface area contributed by atoms with Crippen LogP contribution >= 0.6 is 0 Å². The lowest BCUT2D eigenvalue weighted by molar-refractivity contribution is 0.122. The highest BCUT2D eigenvalue weighted by Crippen LogP contribution is 2.24. The highest BCUT2D eigenvalue weighted by molar-refractivity contribution is 5.84. The molecule has 6 nitrogen and oxygen atoms in total. The van der Waals surface area contributed by atoms with Gasteiger partial charge < -0.3 is 9.64 Å². The highest BCUT2D eigenvalue weighted by Gasteiger charge is 2.18. The van der Waals surface area contributed by atoms with E-state index in [0.29, 0.717) is 19.8 Å². The van der Waals surface area contributed by atoms with Gasteiger partial charge in [-0.1, -0.05) is 66.7 Å². The summed E-state index contributed by atoms with van der Waals surface area (Å²) < 4.78 is 7.51. The van der Waals surface area contributed by atoms with Gasteiger partial charge in [-0.25, -0.2) is 4.98 Å². The summed E-state index contributed by atoms with van der Waals surface area (Å²) in [5, 5.41) is 4.88. The molecule has 0 saturated carbocycles. The lowest BCUT2D eigenvalue weighted by Crippen LogP contribution is -2.37. The van der Waals surface area contributed by atoms with Gasteiger partial charge in [0, 0.05) is 37.0 Å². The maximum absolute atomic E-state index is 5.56. The van der Waals surface area contributed by atoms with Crippen LogP contribution in [0.25, 0.3) is 23.0 Å². The normalized spacial score (nSPS) is 14.9. The fourth-order valence-corrected chi connectivity index (χ4v) is 3.99. The van der Waals surface area contributed by atoms with Crippen LogP contribution < -0.4 is 4.90 Å². The monoisotopic (exact) mass is 437 g/mol. The molecule has 1 saturated heterocycles. The van der Waals surface area contributed by atoms with Crippen LogP contribution in [0.2, 0.25) is 0 Å². The SMILES string of the molecule is C/C(C=NCc1cc(N2CCOCC2)n2nc(-c3ccccc3)cc2n1)=C\c1ccccc1. The minimum atomic E-state index is 0.514. The first-order chi connectivity index (χ1) is 16.3. The Morgan fingerprint density at radius 2 is 1.73 bits per heavy atom. The topological polar surface area (TPSA) is 55.0 Å². The molecule has 5 rings (SSSR count). The molecule has 0 spiro atoms. The van der Waals surface area contributed by atoms with E-state index in [2.05, 4.69) is 53.2 Å². The molecule has 2 aromatic heterocycles. The second kappa shape index (κ2) is 9.79. The molecule has 166 valence electrons. The number of aromatic nitrogens is 3. The van der Waals surface area contributed by atoms with E-state index in [9.17, 15) is 0 Å². The molecule has 0 N–H and O–H groups in total. The molecule has 2 aromatic carbocycles. The fourth-order valence-electron chi connectivity index (χ4n) is 3.99. The van der Waals surface area contributed by atoms with Crippen molar-refractivity contribution in [3.8, 4) is 11.3 Å². The summed E-state index contributed by atoms with van der Waals surface area (Å²) in [7, 11) is 0. The summed E-state index contributed by atoms with van der Waals surface area (Å²) in [4.78, 5) is 11.8. The standard InChI is InChI=1S/C27H27N5O/c1-21(16-22-8-4-2-5-9-22)19-28-20-24-17-27(31-12-14-33-15-13-31)32-26(29-24)18-25(30-32)23-10-6-3-7-11-23/h2-11,16-19H,12-15,20H2,1H3/b21-16+,28-19?. The lowest BCUT2D eigenvalue weighted by Gasteiger charge is -2.29. The van der Waals surface area contributed by atoms with Crippen LogP contribution in [-0.4, -0.2) is 47.1 Å². The number of aliphatic imine (C=N–C) groups is 1. The number of ether oxygens (including phenoxy) is 1. The molecule has 4 aromatic rings. The zero-order chi connectivity index (χ0) is 22.5. The van der Waals surface area contributed by atoms with E-state index in [1.807, 2.05) is 53.2 Å². The average molecular weight is 438 g/mol. The van der Waals surface area contributed by atoms with Crippen molar-refractivity contribution in [1.29, 1.82) is 0 Å². The molecule has 0 bridgehead atoms. The molecule has 1 aliphatic rings. The third-order valence-electron chi connectivity index (χ3n) is 5.61. The van der Waals surface area contributed by atoms with E-state index < -0.39 is 0 Å². The Morgan fingerprint density at radius 1 is 1.00 bits per heavy atom. The third-order valence-corrected chi connectivity index (χ3v) is 5.61. The Morgan fingerprint density at radius 3 is 2.48 bits per heavy atom. The number of hydrogen-bond acceptors (Lipinski definition) is 5. The van der Waals surface area contributed by atoms with E-state index in [1.165, 1.54) is 5.56 Å². The summed E-state index contributed by atoms with van der Waals surface area (Å²) in [6, 6.07) is 24.6. The van der Waals surface area contributed by atoms with Crippen LogP contribution in [0.5, 0.6) is 0 Å². The molecular weight excluding hydrogens is 410 g/mol. The zero-order valence-electron chi connectivity index (χ0n) is 18.8. The number of morpholine rings is 1. The molecular formula is C27H27N5O. The number of anilines is 1. The van der Waals surface area contributed by atoms with Crippen LogP contribution in [0.3, 0.4) is 0 Å². The molecule has 1 fully saturated rings. The average Bonchev–Trinajstić information content (AvgIpc) is 3.29. The first-order valence-corrected chi connectivity index (χ1v) is 11.3. The van der Waals surface area contributed by atoms with Gasteiger partial charge in [-0.2, -0.15) is 9.61 Å². The van der Waals surface area contributed by atoms with E-state index in [4.69, 9.17) is 14.8 Å². The first-order valence-electron chi connectivity index (χ1n) is 11.3. The van der Waals surface area contributed by atoms with Crippen molar-refractivity contribution in [1.82, 2.24) is 14.6 Å². The van der Waals surface area contributed by atoms with Crippen molar-refractivity contribution < 1.29 is 4.74 Å².